The minimum Gasteiger partial charge on any atom is -0.338 e. The predicted octanol–water partition coefficient (Wildman–Crippen LogP) is 5.91. The van der Waals surface area contributed by atoms with Gasteiger partial charge in [-0.2, -0.15) is 13.2 Å². The standard InChI is InChI=1S/C20H12Cl2F3N5O/c1-9-11(3-5-16(27-9)20(23,24)25)19(31)28-10-2-4-13(21)12(6-10)18-29-14-7-17(22)26-8-15(14)30-18/h2-8H,1H3,(H,28,31)(H,29,30). The van der Waals surface area contributed by atoms with Crippen LogP contribution >= 0.6 is 23.2 Å². The highest BCUT2D eigenvalue weighted by Gasteiger charge is 2.33. The third-order valence-corrected chi connectivity index (χ3v) is 4.97. The van der Waals surface area contributed by atoms with Gasteiger partial charge >= 0.3 is 6.18 Å². The fourth-order valence-electron chi connectivity index (χ4n) is 2.96. The van der Waals surface area contributed by atoms with Crippen LogP contribution in [0, 0.1) is 6.92 Å². The fourth-order valence-corrected chi connectivity index (χ4v) is 3.32. The van der Waals surface area contributed by atoms with Gasteiger partial charge in [0.25, 0.3) is 5.91 Å². The summed E-state index contributed by atoms with van der Waals surface area (Å²) in [6, 6.07) is 8.21. The molecule has 2 N–H and O–H groups in total. The Morgan fingerprint density at radius 1 is 1.10 bits per heavy atom. The van der Waals surface area contributed by atoms with Crippen LogP contribution in [0.25, 0.3) is 22.4 Å². The number of nitrogens with one attached hydrogen (secondary N) is 2. The Morgan fingerprint density at radius 3 is 2.58 bits per heavy atom. The number of carbonyl (C=O) groups excluding carboxylic acids is 1. The molecule has 0 unspecified atom stereocenters. The summed E-state index contributed by atoms with van der Waals surface area (Å²) >= 11 is 12.2. The van der Waals surface area contributed by atoms with E-state index in [0.29, 0.717) is 38.3 Å². The van der Waals surface area contributed by atoms with Crippen molar-refractivity contribution >= 4 is 45.8 Å². The van der Waals surface area contributed by atoms with Gasteiger partial charge in [-0.25, -0.2) is 15.0 Å². The molecule has 0 spiro atoms. The molecule has 0 atom stereocenters. The molecule has 0 bridgehead atoms. The summed E-state index contributed by atoms with van der Waals surface area (Å²) in [6.45, 7) is 1.34. The van der Waals surface area contributed by atoms with Gasteiger partial charge in [-0.3, -0.25) is 4.79 Å². The summed E-state index contributed by atoms with van der Waals surface area (Å²) in [5.74, 6) is -0.167. The number of aromatic amines is 1. The molecule has 0 aliphatic carbocycles. The van der Waals surface area contributed by atoms with Crippen molar-refractivity contribution in [3.05, 3.63) is 69.7 Å². The van der Waals surface area contributed by atoms with E-state index in [0.717, 1.165) is 12.1 Å². The molecule has 31 heavy (non-hydrogen) atoms. The van der Waals surface area contributed by atoms with Crippen LogP contribution < -0.4 is 5.32 Å². The predicted molar refractivity (Wildman–Crippen MR) is 111 cm³/mol. The third kappa shape index (κ3) is 4.33. The summed E-state index contributed by atoms with van der Waals surface area (Å²) < 4.78 is 38.4. The number of rotatable bonds is 3. The van der Waals surface area contributed by atoms with Crippen LogP contribution in [0.2, 0.25) is 10.2 Å². The van der Waals surface area contributed by atoms with Gasteiger partial charge in [0.1, 0.15) is 22.2 Å². The van der Waals surface area contributed by atoms with Crippen molar-refractivity contribution in [3.8, 4) is 11.4 Å². The summed E-state index contributed by atoms with van der Waals surface area (Å²) in [7, 11) is 0. The quantitative estimate of drug-likeness (QED) is 0.368. The highest BCUT2D eigenvalue weighted by atomic mass is 35.5. The molecule has 3 aromatic heterocycles. The Bertz CT molecular complexity index is 1320. The number of alkyl halides is 3. The molecule has 0 aliphatic rings. The monoisotopic (exact) mass is 465 g/mol. The lowest BCUT2D eigenvalue weighted by Gasteiger charge is -2.11. The van der Waals surface area contributed by atoms with E-state index in [9.17, 15) is 18.0 Å². The van der Waals surface area contributed by atoms with Crippen LogP contribution in [0.3, 0.4) is 0 Å². The Balaban J connectivity index is 1.63. The van der Waals surface area contributed by atoms with Crippen molar-refractivity contribution in [3.63, 3.8) is 0 Å². The second-order valence-electron chi connectivity index (χ2n) is 6.59. The van der Waals surface area contributed by atoms with Gasteiger partial charge in [-0.15, -0.1) is 0 Å². The molecule has 0 fully saturated rings. The minimum atomic E-state index is -4.59. The van der Waals surface area contributed by atoms with E-state index in [1.165, 1.54) is 13.1 Å². The fraction of sp³-hybridized carbons (Fsp3) is 0.100. The van der Waals surface area contributed by atoms with Crippen molar-refractivity contribution in [2.45, 2.75) is 13.1 Å². The van der Waals surface area contributed by atoms with E-state index in [2.05, 4.69) is 25.3 Å². The van der Waals surface area contributed by atoms with Crippen LogP contribution in [-0.2, 0) is 6.18 Å². The normalized spacial score (nSPS) is 11.7. The van der Waals surface area contributed by atoms with E-state index in [1.807, 2.05) is 0 Å². The molecule has 158 valence electrons. The zero-order valence-corrected chi connectivity index (χ0v) is 17.2. The van der Waals surface area contributed by atoms with E-state index < -0.39 is 17.8 Å². The van der Waals surface area contributed by atoms with Crippen LogP contribution in [-0.4, -0.2) is 25.8 Å². The van der Waals surface area contributed by atoms with Gasteiger partial charge in [0.2, 0.25) is 0 Å². The number of pyridine rings is 2. The average Bonchev–Trinajstić information content (AvgIpc) is 3.11. The molecule has 1 aromatic carbocycles. The molecule has 1 amide bonds. The molecule has 0 radical (unpaired) electrons. The highest BCUT2D eigenvalue weighted by molar-refractivity contribution is 6.33. The van der Waals surface area contributed by atoms with Crippen molar-refractivity contribution in [2.24, 2.45) is 0 Å². The summed E-state index contributed by atoms with van der Waals surface area (Å²) in [4.78, 5) is 27.6. The SMILES string of the molecule is Cc1nc(C(F)(F)F)ccc1C(=O)Nc1ccc(Cl)c(-c2nc3cnc(Cl)cc3[nH]2)c1. The van der Waals surface area contributed by atoms with E-state index in [4.69, 9.17) is 23.2 Å². The number of hydrogen-bond donors (Lipinski definition) is 2. The molecule has 11 heteroatoms. The molecular formula is C20H12Cl2F3N5O. The number of H-pyrrole nitrogens is 1. The molecule has 6 nitrogen and oxygen atoms in total. The first-order valence-electron chi connectivity index (χ1n) is 8.79. The summed E-state index contributed by atoms with van der Waals surface area (Å²) in [6.07, 6.45) is -3.07. The Kier molecular flexibility index (Phi) is 5.32. The Morgan fingerprint density at radius 2 is 1.87 bits per heavy atom. The number of anilines is 1. The number of amides is 1. The number of fused-ring (bicyclic) bond motifs is 1. The van der Waals surface area contributed by atoms with E-state index in [1.54, 1.807) is 24.3 Å². The molecule has 0 saturated carbocycles. The van der Waals surface area contributed by atoms with Crippen molar-refractivity contribution in [1.29, 1.82) is 0 Å². The van der Waals surface area contributed by atoms with Gasteiger partial charge in [-0.1, -0.05) is 23.2 Å². The lowest BCUT2D eigenvalue weighted by Crippen LogP contribution is -2.16. The lowest BCUT2D eigenvalue weighted by molar-refractivity contribution is -0.141. The number of aryl methyl sites for hydroxylation is 1. The van der Waals surface area contributed by atoms with Gasteiger partial charge in [-0.05, 0) is 37.3 Å². The maximum Gasteiger partial charge on any atom is 0.433 e. The topological polar surface area (TPSA) is 83.6 Å². The Hall–Kier alpha value is -3.17. The second-order valence-corrected chi connectivity index (χ2v) is 7.38. The molecule has 0 aliphatic heterocycles. The highest BCUT2D eigenvalue weighted by Crippen LogP contribution is 2.31. The molecule has 0 saturated heterocycles. The van der Waals surface area contributed by atoms with Gasteiger partial charge in [0, 0.05) is 17.3 Å². The summed E-state index contributed by atoms with van der Waals surface area (Å²) in [5.41, 5.74) is 1.05. The first-order chi connectivity index (χ1) is 14.6. The zero-order chi connectivity index (χ0) is 22.3. The number of hydrogen-bond acceptors (Lipinski definition) is 4. The smallest absolute Gasteiger partial charge is 0.338 e. The molecular weight excluding hydrogens is 454 g/mol. The number of benzene rings is 1. The first kappa shape index (κ1) is 21.1. The number of aromatic nitrogens is 4. The maximum atomic E-state index is 12.8. The molecule has 4 rings (SSSR count). The largest absolute Gasteiger partial charge is 0.433 e. The van der Waals surface area contributed by atoms with Crippen LogP contribution in [0.5, 0.6) is 0 Å². The molecule has 3 heterocycles. The van der Waals surface area contributed by atoms with Gasteiger partial charge in [0.05, 0.1) is 28.0 Å². The zero-order valence-electron chi connectivity index (χ0n) is 15.7. The van der Waals surface area contributed by atoms with E-state index >= 15 is 0 Å². The van der Waals surface area contributed by atoms with E-state index in [-0.39, 0.29) is 11.3 Å². The first-order valence-corrected chi connectivity index (χ1v) is 9.55. The maximum absolute atomic E-state index is 12.8. The van der Waals surface area contributed by atoms with Crippen LogP contribution in [0.15, 0.2) is 42.6 Å². The lowest BCUT2D eigenvalue weighted by atomic mass is 10.1. The van der Waals surface area contributed by atoms with Crippen molar-refractivity contribution in [1.82, 2.24) is 19.9 Å². The third-order valence-electron chi connectivity index (χ3n) is 4.44. The minimum absolute atomic E-state index is 0.0222. The van der Waals surface area contributed by atoms with Gasteiger partial charge in [0.15, 0.2) is 0 Å². The summed E-state index contributed by atoms with van der Waals surface area (Å²) in [5, 5.41) is 3.32. The Labute approximate surface area is 183 Å². The van der Waals surface area contributed by atoms with Crippen LogP contribution in [0.1, 0.15) is 21.7 Å². The number of imidazole rings is 1. The number of carbonyl (C=O) groups is 1. The van der Waals surface area contributed by atoms with Crippen molar-refractivity contribution in [2.75, 3.05) is 5.32 Å². The average molecular weight is 466 g/mol. The second kappa shape index (κ2) is 7.82. The van der Waals surface area contributed by atoms with Gasteiger partial charge < -0.3 is 10.3 Å². The van der Waals surface area contributed by atoms with Crippen molar-refractivity contribution < 1.29 is 18.0 Å². The number of halogens is 5. The molecule has 4 aromatic rings. The van der Waals surface area contributed by atoms with Crippen LogP contribution in [0.4, 0.5) is 18.9 Å². The number of nitrogens with zero attached hydrogens (tertiary/aromatic N) is 3.